The molecule has 1 saturated carbocycles. The lowest BCUT2D eigenvalue weighted by Gasteiger charge is -2.28. The van der Waals surface area contributed by atoms with Crippen molar-refractivity contribution in [2.75, 3.05) is 26.2 Å². The second kappa shape index (κ2) is 7.24. The first-order valence-electron chi connectivity index (χ1n) is 11.0. The zero-order valence-electron chi connectivity index (χ0n) is 17.5. The SMILES string of the molecule is CC(C)n1cnc([C@H]2CN(CC3CC3)C[C@@]23CCN(Cc2ccncc2)C3=O)c1. The third kappa shape index (κ3) is 3.48. The Labute approximate surface area is 172 Å². The smallest absolute Gasteiger partial charge is 0.231 e. The molecule has 2 aromatic rings. The Morgan fingerprint density at radius 3 is 2.72 bits per heavy atom. The van der Waals surface area contributed by atoms with E-state index in [1.54, 1.807) is 12.4 Å². The van der Waals surface area contributed by atoms with Crippen molar-refractivity contribution in [3.8, 4) is 0 Å². The summed E-state index contributed by atoms with van der Waals surface area (Å²) >= 11 is 0. The van der Waals surface area contributed by atoms with Crippen LogP contribution in [0.3, 0.4) is 0 Å². The van der Waals surface area contributed by atoms with Crippen LogP contribution in [0.25, 0.3) is 0 Å². The first kappa shape index (κ1) is 18.8. The quantitative estimate of drug-likeness (QED) is 0.757. The van der Waals surface area contributed by atoms with Crippen LogP contribution < -0.4 is 0 Å². The van der Waals surface area contributed by atoms with E-state index in [1.807, 2.05) is 18.5 Å². The molecule has 4 heterocycles. The predicted octanol–water partition coefficient (Wildman–Crippen LogP) is 3.09. The Kier molecular flexibility index (Phi) is 4.69. The van der Waals surface area contributed by atoms with Crippen molar-refractivity contribution in [3.63, 3.8) is 0 Å². The number of carbonyl (C=O) groups is 1. The van der Waals surface area contributed by atoms with Gasteiger partial charge in [0.1, 0.15) is 0 Å². The molecular formula is C23H31N5O. The average molecular weight is 394 g/mol. The predicted molar refractivity (Wildman–Crippen MR) is 111 cm³/mol. The molecule has 3 aliphatic rings. The summed E-state index contributed by atoms with van der Waals surface area (Å²) in [6, 6.07) is 4.40. The topological polar surface area (TPSA) is 54.3 Å². The number of carbonyl (C=O) groups excluding carboxylic acids is 1. The van der Waals surface area contributed by atoms with E-state index in [9.17, 15) is 4.79 Å². The molecule has 0 bridgehead atoms. The second-order valence-corrected chi connectivity index (χ2v) is 9.52. The van der Waals surface area contributed by atoms with Gasteiger partial charge in [0.25, 0.3) is 0 Å². The first-order valence-corrected chi connectivity index (χ1v) is 11.0. The maximum atomic E-state index is 13.8. The maximum absolute atomic E-state index is 13.8. The molecule has 6 heteroatoms. The highest BCUT2D eigenvalue weighted by molar-refractivity contribution is 5.86. The molecule has 2 aliphatic heterocycles. The van der Waals surface area contributed by atoms with Crippen LogP contribution in [0, 0.1) is 11.3 Å². The van der Waals surface area contributed by atoms with Gasteiger partial charge in [0.15, 0.2) is 0 Å². The molecule has 2 aromatic heterocycles. The molecule has 1 amide bonds. The van der Waals surface area contributed by atoms with Crippen LogP contribution >= 0.6 is 0 Å². The van der Waals surface area contributed by atoms with Crippen molar-refractivity contribution in [2.45, 2.75) is 51.6 Å². The largest absolute Gasteiger partial charge is 0.338 e. The van der Waals surface area contributed by atoms with Gasteiger partial charge in [-0.1, -0.05) is 0 Å². The van der Waals surface area contributed by atoms with E-state index >= 15 is 0 Å². The van der Waals surface area contributed by atoms with E-state index in [0.29, 0.717) is 18.5 Å². The number of amides is 1. The number of hydrogen-bond donors (Lipinski definition) is 0. The van der Waals surface area contributed by atoms with E-state index in [2.05, 4.69) is 39.4 Å². The highest BCUT2D eigenvalue weighted by Crippen LogP contribution is 2.50. The summed E-state index contributed by atoms with van der Waals surface area (Å²) < 4.78 is 2.17. The van der Waals surface area contributed by atoms with Gasteiger partial charge in [0.05, 0.1) is 17.4 Å². The van der Waals surface area contributed by atoms with Crippen molar-refractivity contribution in [3.05, 3.63) is 48.3 Å². The van der Waals surface area contributed by atoms with Gasteiger partial charge in [-0.25, -0.2) is 4.98 Å². The minimum atomic E-state index is -0.321. The van der Waals surface area contributed by atoms with Gasteiger partial charge in [-0.3, -0.25) is 9.78 Å². The first-order chi connectivity index (χ1) is 14.0. The zero-order chi connectivity index (χ0) is 20.0. The van der Waals surface area contributed by atoms with Gasteiger partial charge in [0, 0.05) is 63.3 Å². The van der Waals surface area contributed by atoms with Crippen LogP contribution in [0.4, 0.5) is 0 Å². The molecule has 5 rings (SSSR count). The fourth-order valence-electron chi connectivity index (χ4n) is 5.19. The number of aromatic nitrogens is 3. The third-order valence-corrected chi connectivity index (χ3v) is 7.07. The molecule has 0 N–H and O–H groups in total. The molecule has 0 unspecified atom stereocenters. The van der Waals surface area contributed by atoms with Crippen LogP contribution in [-0.2, 0) is 11.3 Å². The number of pyridine rings is 1. The Morgan fingerprint density at radius 2 is 2.03 bits per heavy atom. The minimum Gasteiger partial charge on any atom is -0.338 e. The summed E-state index contributed by atoms with van der Waals surface area (Å²) in [6.07, 6.45) is 11.3. The fraction of sp³-hybridized carbons (Fsp3) is 0.609. The summed E-state index contributed by atoms with van der Waals surface area (Å²) in [7, 11) is 0. The number of likely N-dealkylation sites (tertiary alicyclic amines) is 2. The number of hydrogen-bond acceptors (Lipinski definition) is 4. The normalized spacial score (nSPS) is 27.6. The van der Waals surface area contributed by atoms with E-state index in [-0.39, 0.29) is 11.3 Å². The van der Waals surface area contributed by atoms with Crippen molar-refractivity contribution in [2.24, 2.45) is 11.3 Å². The van der Waals surface area contributed by atoms with Crippen LogP contribution in [-0.4, -0.2) is 56.4 Å². The Balaban J connectivity index is 1.41. The second-order valence-electron chi connectivity index (χ2n) is 9.52. The molecule has 0 radical (unpaired) electrons. The lowest BCUT2D eigenvalue weighted by atomic mass is 9.75. The Hall–Kier alpha value is -2.21. The van der Waals surface area contributed by atoms with E-state index < -0.39 is 0 Å². The van der Waals surface area contributed by atoms with Crippen LogP contribution in [0.5, 0.6) is 0 Å². The highest BCUT2D eigenvalue weighted by atomic mass is 16.2. The molecule has 2 saturated heterocycles. The van der Waals surface area contributed by atoms with Crippen LogP contribution in [0.1, 0.15) is 56.3 Å². The minimum absolute atomic E-state index is 0.191. The third-order valence-electron chi connectivity index (χ3n) is 7.07. The molecule has 6 nitrogen and oxygen atoms in total. The number of nitrogens with zero attached hydrogens (tertiary/aromatic N) is 5. The van der Waals surface area contributed by atoms with Gasteiger partial charge >= 0.3 is 0 Å². The lowest BCUT2D eigenvalue weighted by molar-refractivity contribution is -0.136. The lowest BCUT2D eigenvalue weighted by Crippen LogP contribution is -2.39. The standard InChI is InChI=1S/C23H31N5O/c1-17(2)28-14-21(25-16-28)20-13-26(11-18-3-4-18)15-23(20)7-10-27(22(23)29)12-19-5-8-24-9-6-19/h5-6,8-9,14,16-18,20H,3-4,7,10-13,15H2,1-2H3/t20-,23+/m1/s1. The van der Waals surface area contributed by atoms with Crippen molar-refractivity contribution < 1.29 is 4.79 Å². The van der Waals surface area contributed by atoms with E-state index in [1.165, 1.54) is 12.8 Å². The molecule has 29 heavy (non-hydrogen) atoms. The molecular weight excluding hydrogens is 362 g/mol. The molecule has 154 valence electrons. The van der Waals surface area contributed by atoms with Crippen LogP contribution in [0.15, 0.2) is 37.1 Å². The van der Waals surface area contributed by atoms with Gasteiger partial charge in [0.2, 0.25) is 5.91 Å². The highest BCUT2D eigenvalue weighted by Gasteiger charge is 2.58. The van der Waals surface area contributed by atoms with Gasteiger partial charge in [-0.05, 0) is 56.7 Å². The summed E-state index contributed by atoms with van der Waals surface area (Å²) in [5, 5.41) is 0. The zero-order valence-corrected chi connectivity index (χ0v) is 17.5. The van der Waals surface area contributed by atoms with Gasteiger partial charge in [-0.2, -0.15) is 0 Å². The summed E-state index contributed by atoms with van der Waals surface area (Å²) in [4.78, 5) is 27.2. The van der Waals surface area contributed by atoms with Crippen molar-refractivity contribution in [1.29, 1.82) is 0 Å². The molecule has 3 fully saturated rings. The van der Waals surface area contributed by atoms with Gasteiger partial charge in [-0.15, -0.1) is 0 Å². The Bertz CT molecular complexity index is 874. The summed E-state index contributed by atoms with van der Waals surface area (Å²) in [6.45, 7) is 8.84. The number of rotatable bonds is 6. The molecule has 1 spiro atoms. The van der Waals surface area contributed by atoms with Crippen molar-refractivity contribution in [1.82, 2.24) is 24.3 Å². The van der Waals surface area contributed by atoms with Crippen LogP contribution in [0.2, 0.25) is 0 Å². The maximum Gasteiger partial charge on any atom is 0.231 e. The van der Waals surface area contributed by atoms with E-state index in [0.717, 1.165) is 49.8 Å². The van der Waals surface area contributed by atoms with Crippen molar-refractivity contribution >= 4 is 5.91 Å². The fourth-order valence-corrected chi connectivity index (χ4v) is 5.19. The Morgan fingerprint density at radius 1 is 1.24 bits per heavy atom. The summed E-state index contributed by atoms with van der Waals surface area (Å²) in [5.41, 5.74) is 1.92. The molecule has 1 aliphatic carbocycles. The number of imidazole rings is 1. The summed E-state index contributed by atoms with van der Waals surface area (Å²) in [5.74, 6) is 1.34. The monoisotopic (exact) mass is 393 g/mol. The average Bonchev–Trinajstić information content (AvgIpc) is 3.13. The molecule has 2 atom stereocenters. The van der Waals surface area contributed by atoms with Gasteiger partial charge < -0.3 is 14.4 Å². The van der Waals surface area contributed by atoms with E-state index in [4.69, 9.17) is 4.98 Å². The molecule has 0 aromatic carbocycles.